The molecule has 0 saturated heterocycles. The van der Waals surface area contributed by atoms with Crippen LogP contribution < -0.4 is 9.47 Å². The summed E-state index contributed by atoms with van der Waals surface area (Å²) in [7, 11) is 0. The maximum atomic E-state index is 11.7. The zero-order chi connectivity index (χ0) is 13.9. The minimum Gasteiger partial charge on any atom is -0.429 e. The Labute approximate surface area is 115 Å². The predicted molar refractivity (Wildman–Crippen MR) is 71.7 cm³/mol. The van der Waals surface area contributed by atoms with Crippen LogP contribution in [0.25, 0.3) is 0 Å². The van der Waals surface area contributed by atoms with E-state index < -0.39 is 0 Å². The largest absolute Gasteiger partial charge is 0.429 e. The van der Waals surface area contributed by atoms with Gasteiger partial charge in [0.1, 0.15) is 11.5 Å². The average Bonchev–Trinajstić information content (AvgIpc) is 2.48. The lowest BCUT2D eigenvalue weighted by molar-refractivity contribution is -0.135. The highest BCUT2D eigenvalue weighted by molar-refractivity contribution is 5.78. The van der Waals surface area contributed by atoms with Crippen molar-refractivity contribution in [3.63, 3.8) is 0 Å². The number of carbonyl (C=O) groups is 2. The highest BCUT2D eigenvalue weighted by Gasteiger charge is 2.28. The number of ether oxygens (including phenoxy) is 2. The molecule has 0 amide bonds. The van der Waals surface area contributed by atoms with E-state index in [1.165, 1.54) is 0 Å². The summed E-state index contributed by atoms with van der Waals surface area (Å²) in [5.41, 5.74) is 1.89. The van der Waals surface area contributed by atoms with E-state index in [1.54, 1.807) is 18.2 Å². The summed E-state index contributed by atoms with van der Waals surface area (Å²) < 4.78 is 10.1. The van der Waals surface area contributed by atoms with E-state index in [0.717, 1.165) is 11.1 Å². The van der Waals surface area contributed by atoms with Gasteiger partial charge in [0.2, 0.25) is 0 Å². The number of benzene rings is 2. The molecule has 1 aliphatic heterocycles. The zero-order valence-corrected chi connectivity index (χ0v) is 10.6. The van der Waals surface area contributed by atoms with Crippen LogP contribution >= 0.6 is 0 Å². The predicted octanol–water partition coefficient (Wildman–Crippen LogP) is 2.66. The van der Waals surface area contributed by atoms with Crippen molar-refractivity contribution >= 4 is 12.4 Å². The molecule has 100 valence electrons. The van der Waals surface area contributed by atoms with Crippen LogP contribution in [0.3, 0.4) is 0 Å². The number of fused-ring (bicyclic) bond motifs is 1. The molecule has 0 radical (unpaired) electrons. The first kappa shape index (κ1) is 12.4. The molecule has 0 fully saturated rings. The minimum atomic E-state index is -0.254. The third-order valence-electron chi connectivity index (χ3n) is 3.34. The van der Waals surface area contributed by atoms with E-state index in [9.17, 15) is 9.59 Å². The fourth-order valence-electron chi connectivity index (χ4n) is 2.44. The standard InChI is InChI=1S/C16H12O4/c17-10-19-12-6-7-15-14(8-12)13(9-16(18)20-15)11-4-2-1-3-5-11/h1-8,10,13H,9H2/t13-/m1/s1. The van der Waals surface area contributed by atoms with Gasteiger partial charge in [0, 0.05) is 11.5 Å². The molecule has 0 aliphatic carbocycles. The van der Waals surface area contributed by atoms with Crippen LogP contribution in [-0.4, -0.2) is 12.4 Å². The van der Waals surface area contributed by atoms with Gasteiger partial charge >= 0.3 is 5.97 Å². The first-order valence-corrected chi connectivity index (χ1v) is 6.28. The third kappa shape index (κ3) is 2.28. The Morgan fingerprint density at radius 2 is 1.95 bits per heavy atom. The van der Waals surface area contributed by atoms with Gasteiger partial charge in [0.15, 0.2) is 0 Å². The summed E-state index contributed by atoms with van der Waals surface area (Å²) in [6, 6.07) is 14.7. The summed E-state index contributed by atoms with van der Waals surface area (Å²) in [5, 5.41) is 0. The van der Waals surface area contributed by atoms with Crippen LogP contribution in [-0.2, 0) is 9.59 Å². The Balaban J connectivity index is 2.07. The van der Waals surface area contributed by atoms with E-state index in [2.05, 4.69) is 0 Å². The van der Waals surface area contributed by atoms with Crippen LogP contribution in [0.2, 0.25) is 0 Å². The van der Waals surface area contributed by atoms with E-state index >= 15 is 0 Å². The normalized spacial score (nSPS) is 17.0. The Morgan fingerprint density at radius 3 is 2.70 bits per heavy atom. The Kier molecular flexibility index (Phi) is 3.21. The zero-order valence-electron chi connectivity index (χ0n) is 10.6. The topological polar surface area (TPSA) is 52.6 Å². The Morgan fingerprint density at radius 1 is 1.15 bits per heavy atom. The Bertz CT molecular complexity index is 649. The molecule has 1 aliphatic rings. The van der Waals surface area contributed by atoms with Gasteiger partial charge in [-0.1, -0.05) is 30.3 Å². The van der Waals surface area contributed by atoms with Crippen LogP contribution in [0.1, 0.15) is 23.5 Å². The molecule has 1 atom stereocenters. The van der Waals surface area contributed by atoms with Crippen LogP contribution in [0, 0.1) is 0 Å². The van der Waals surface area contributed by atoms with E-state index in [0.29, 0.717) is 18.0 Å². The van der Waals surface area contributed by atoms with Gasteiger partial charge in [0.25, 0.3) is 6.47 Å². The molecule has 1 heterocycles. The first-order chi connectivity index (χ1) is 9.78. The fraction of sp³-hybridized carbons (Fsp3) is 0.125. The highest BCUT2D eigenvalue weighted by atomic mass is 16.5. The second-order valence-electron chi connectivity index (χ2n) is 4.56. The van der Waals surface area contributed by atoms with Crippen molar-refractivity contribution < 1.29 is 19.1 Å². The van der Waals surface area contributed by atoms with Gasteiger partial charge in [-0.25, -0.2) is 0 Å². The number of hydrogen-bond donors (Lipinski definition) is 0. The summed E-state index contributed by atoms with van der Waals surface area (Å²) in [5.74, 6) is 0.629. The summed E-state index contributed by atoms with van der Waals surface area (Å²) >= 11 is 0. The van der Waals surface area contributed by atoms with Gasteiger partial charge in [0.05, 0.1) is 6.42 Å². The molecule has 4 nitrogen and oxygen atoms in total. The lowest BCUT2D eigenvalue weighted by Gasteiger charge is -2.25. The molecule has 20 heavy (non-hydrogen) atoms. The maximum absolute atomic E-state index is 11.7. The first-order valence-electron chi connectivity index (χ1n) is 6.28. The van der Waals surface area contributed by atoms with Crippen molar-refractivity contribution in [1.29, 1.82) is 0 Å². The molecule has 0 saturated carbocycles. The molecule has 3 rings (SSSR count). The number of carbonyl (C=O) groups excluding carboxylic acids is 2. The lowest BCUT2D eigenvalue weighted by atomic mass is 9.86. The summed E-state index contributed by atoms with van der Waals surface area (Å²) in [6.07, 6.45) is 0.279. The lowest BCUT2D eigenvalue weighted by Crippen LogP contribution is -2.21. The molecule has 2 aromatic rings. The quantitative estimate of drug-likeness (QED) is 0.488. The van der Waals surface area contributed by atoms with Gasteiger partial charge in [-0.3, -0.25) is 9.59 Å². The van der Waals surface area contributed by atoms with Crippen molar-refractivity contribution in [2.45, 2.75) is 12.3 Å². The number of esters is 1. The van der Waals surface area contributed by atoms with Crippen molar-refractivity contribution in [3.05, 3.63) is 59.7 Å². The summed E-state index contributed by atoms with van der Waals surface area (Å²) in [6.45, 7) is 0.383. The van der Waals surface area contributed by atoms with Crippen molar-refractivity contribution in [2.75, 3.05) is 0 Å². The smallest absolute Gasteiger partial charge is 0.312 e. The minimum absolute atomic E-state index is 0.0809. The van der Waals surface area contributed by atoms with Crippen molar-refractivity contribution in [3.8, 4) is 11.5 Å². The molecule has 0 unspecified atom stereocenters. The molecular weight excluding hydrogens is 256 g/mol. The van der Waals surface area contributed by atoms with Gasteiger partial charge in [-0.05, 0) is 23.8 Å². The Hall–Kier alpha value is -2.62. The number of rotatable bonds is 3. The van der Waals surface area contributed by atoms with Crippen LogP contribution in [0.5, 0.6) is 11.5 Å². The fourth-order valence-corrected chi connectivity index (χ4v) is 2.44. The third-order valence-corrected chi connectivity index (χ3v) is 3.34. The molecule has 4 heteroatoms. The van der Waals surface area contributed by atoms with Gasteiger partial charge in [-0.2, -0.15) is 0 Å². The second-order valence-corrected chi connectivity index (χ2v) is 4.56. The van der Waals surface area contributed by atoms with E-state index in [1.807, 2.05) is 30.3 Å². The van der Waals surface area contributed by atoms with Crippen molar-refractivity contribution in [1.82, 2.24) is 0 Å². The molecule has 0 N–H and O–H groups in total. The van der Waals surface area contributed by atoms with E-state index in [-0.39, 0.29) is 18.3 Å². The monoisotopic (exact) mass is 268 g/mol. The van der Waals surface area contributed by atoms with E-state index in [4.69, 9.17) is 9.47 Å². The van der Waals surface area contributed by atoms with Gasteiger partial charge < -0.3 is 9.47 Å². The molecule has 0 aromatic heterocycles. The van der Waals surface area contributed by atoms with Crippen LogP contribution in [0.4, 0.5) is 0 Å². The van der Waals surface area contributed by atoms with Crippen LogP contribution in [0.15, 0.2) is 48.5 Å². The molecule has 0 spiro atoms. The van der Waals surface area contributed by atoms with Gasteiger partial charge in [-0.15, -0.1) is 0 Å². The summed E-state index contributed by atoms with van der Waals surface area (Å²) in [4.78, 5) is 22.1. The molecular formula is C16H12O4. The molecule has 0 bridgehead atoms. The maximum Gasteiger partial charge on any atom is 0.312 e. The highest BCUT2D eigenvalue weighted by Crippen LogP contribution is 2.40. The van der Waals surface area contributed by atoms with Crippen molar-refractivity contribution in [2.24, 2.45) is 0 Å². The number of hydrogen-bond acceptors (Lipinski definition) is 4. The molecule has 2 aromatic carbocycles. The SMILES string of the molecule is O=COc1ccc2c(c1)[C@@H](c1ccccc1)CC(=O)O2. The average molecular weight is 268 g/mol. The second kappa shape index (κ2) is 5.17.